The van der Waals surface area contributed by atoms with Crippen LogP contribution in [0.2, 0.25) is 0 Å². The Morgan fingerprint density at radius 1 is 1.38 bits per heavy atom. The molecular formula is C13H15NO2. The maximum Gasteiger partial charge on any atom is 0.306 e. The number of carbonyl (C=O) groups is 1. The Morgan fingerprint density at radius 3 is 3.00 bits per heavy atom. The molecule has 0 saturated carbocycles. The molecule has 0 unspecified atom stereocenters. The van der Waals surface area contributed by atoms with E-state index in [0.717, 1.165) is 11.9 Å². The van der Waals surface area contributed by atoms with Crippen LogP contribution < -0.4 is 0 Å². The highest BCUT2D eigenvalue weighted by atomic mass is 16.5. The van der Waals surface area contributed by atoms with Crippen molar-refractivity contribution in [1.82, 2.24) is 4.98 Å². The van der Waals surface area contributed by atoms with Gasteiger partial charge in [-0.2, -0.15) is 0 Å². The largest absolute Gasteiger partial charge is 0.466 e. The van der Waals surface area contributed by atoms with Crippen LogP contribution in [0.25, 0.3) is 10.9 Å². The third kappa shape index (κ3) is 2.24. The van der Waals surface area contributed by atoms with Crippen LogP contribution in [0, 0.1) is 0 Å². The van der Waals surface area contributed by atoms with E-state index in [-0.39, 0.29) is 5.97 Å². The van der Waals surface area contributed by atoms with Gasteiger partial charge in [0.05, 0.1) is 6.61 Å². The number of nitrogens with one attached hydrogen (secondary N) is 1. The van der Waals surface area contributed by atoms with Gasteiger partial charge in [-0.05, 0) is 25.0 Å². The minimum Gasteiger partial charge on any atom is -0.466 e. The lowest BCUT2D eigenvalue weighted by Gasteiger charge is -2.00. The molecule has 0 aliphatic heterocycles. The van der Waals surface area contributed by atoms with Crippen molar-refractivity contribution in [3.63, 3.8) is 0 Å². The van der Waals surface area contributed by atoms with Crippen LogP contribution >= 0.6 is 0 Å². The summed E-state index contributed by atoms with van der Waals surface area (Å²) in [7, 11) is 0. The van der Waals surface area contributed by atoms with Crippen molar-refractivity contribution in [2.45, 2.75) is 19.8 Å². The molecule has 1 aromatic heterocycles. The van der Waals surface area contributed by atoms with Gasteiger partial charge < -0.3 is 9.72 Å². The zero-order chi connectivity index (χ0) is 11.4. The number of para-hydroxylation sites is 1. The summed E-state index contributed by atoms with van der Waals surface area (Å²) >= 11 is 0. The molecular weight excluding hydrogens is 202 g/mol. The standard InChI is InChI=1S/C13H15NO2/c1-2-16-13(15)8-7-10-9-14-12-6-4-3-5-11(10)12/h3-6,9,14H,2,7-8H2,1H3. The summed E-state index contributed by atoms with van der Waals surface area (Å²) in [6.07, 6.45) is 3.13. The highest BCUT2D eigenvalue weighted by molar-refractivity contribution is 5.83. The average Bonchev–Trinajstić information content (AvgIpc) is 2.70. The van der Waals surface area contributed by atoms with Crippen molar-refractivity contribution in [1.29, 1.82) is 0 Å². The molecule has 0 spiro atoms. The molecule has 0 bridgehead atoms. The molecule has 0 radical (unpaired) electrons. The number of H-pyrrole nitrogens is 1. The first kappa shape index (κ1) is 10.7. The van der Waals surface area contributed by atoms with E-state index in [4.69, 9.17) is 4.74 Å². The normalized spacial score (nSPS) is 10.6. The summed E-state index contributed by atoms with van der Waals surface area (Å²) in [4.78, 5) is 14.4. The minimum absolute atomic E-state index is 0.132. The molecule has 0 aliphatic rings. The van der Waals surface area contributed by atoms with Gasteiger partial charge in [0, 0.05) is 23.5 Å². The molecule has 1 N–H and O–H groups in total. The Morgan fingerprint density at radius 2 is 2.19 bits per heavy atom. The molecule has 3 nitrogen and oxygen atoms in total. The number of carbonyl (C=O) groups excluding carboxylic acids is 1. The highest BCUT2D eigenvalue weighted by Crippen LogP contribution is 2.18. The summed E-state index contributed by atoms with van der Waals surface area (Å²) in [6.45, 7) is 2.27. The molecule has 0 amide bonds. The molecule has 1 aromatic carbocycles. The maximum absolute atomic E-state index is 11.2. The second-order valence-electron chi connectivity index (χ2n) is 3.66. The zero-order valence-corrected chi connectivity index (χ0v) is 9.32. The topological polar surface area (TPSA) is 42.1 Å². The molecule has 3 heteroatoms. The SMILES string of the molecule is CCOC(=O)CCc1c[nH]c2ccccc12. The van der Waals surface area contributed by atoms with Gasteiger partial charge in [0.1, 0.15) is 0 Å². The number of aromatic amines is 1. The van der Waals surface area contributed by atoms with Gasteiger partial charge in [-0.3, -0.25) is 4.79 Å². The number of ether oxygens (including phenoxy) is 1. The molecule has 0 aliphatic carbocycles. The lowest BCUT2D eigenvalue weighted by atomic mass is 10.1. The predicted molar refractivity (Wildman–Crippen MR) is 63.3 cm³/mol. The van der Waals surface area contributed by atoms with Crippen LogP contribution in [0.3, 0.4) is 0 Å². The van der Waals surface area contributed by atoms with Crippen molar-refractivity contribution >= 4 is 16.9 Å². The summed E-state index contributed by atoms with van der Waals surface area (Å²) < 4.78 is 4.90. The second-order valence-corrected chi connectivity index (χ2v) is 3.66. The van der Waals surface area contributed by atoms with E-state index in [1.165, 1.54) is 10.9 Å². The van der Waals surface area contributed by atoms with E-state index >= 15 is 0 Å². The third-order valence-electron chi connectivity index (χ3n) is 2.58. The first-order valence-electron chi connectivity index (χ1n) is 5.52. The molecule has 0 fully saturated rings. The molecule has 2 aromatic rings. The van der Waals surface area contributed by atoms with Crippen LogP contribution in [0.1, 0.15) is 18.9 Å². The van der Waals surface area contributed by atoms with E-state index in [1.807, 2.05) is 31.3 Å². The summed E-state index contributed by atoms with van der Waals surface area (Å²) in [5, 5.41) is 1.19. The zero-order valence-electron chi connectivity index (χ0n) is 9.32. The fourth-order valence-electron chi connectivity index (χ4n) is 1.81. The summed E-state index contributed by atoms with van der Waals surface area (Å²) in [6, 6.07) is 8.09. The molecule has 2 rings (SSSR count). The number of aromatic nitrogens is 1. The number of fused-ring (bicyclic) bond motifs is 1. The van der Waals surface area contributed by atoms with Crippen molar-refractivity contribution in [3.8, 4) is 0 Å². The number of benzene rings is 1. The number of aryl methyl sites for hydroxylation is 1. The maximum atomic E-state index is 11.2. The molecule has 0 saturated heterocycles. The van der Waals surface area contributed by atoms with E-state index < -0.39 is 0 Å². The van der Waals surface area contributed by atoms with Crippen LogP contribution in [-0.4, -0.2) is 17.6 Å². The van der Waals surface area contributed by atoms with E-state index in [0.29, 0.717) is 13.0 Å². The summed E-state index contributed by atoms with van der Waals surface area (Å²) in [5.74, 6) is -0.132. The van der Waals surface area contributed by atoms with Crippen LogP contribution in [0.4, 0.5) is 0 Å². The van der Waals surface area contributed by atoms with Crippen molar-refractivity contribution in [3.05, 3.63) is 36.0 Å². The van der Waals surface area contributed by atoms with Crippen LogP contribution in [0.5, 0.6) is 0 Å². The van der Waals surface area contributed by atoms with Crippen LogP contribution in [0.15, 0.2) is 30.5 Å². The van der Waals surface area contributed by atoms with Gasteiger partial charge in [0.15, 0.2) is 0 Å². The van der Waals surface area contributed by atoms with E-state index in [2.05, 4.69) is 11.1 Å². The van der Waals surface area contributed by atoms with Gasteiger partial charge >= 0.3 is 5.97 Å². The lowest BCUT2D eigenvalue weighted by Crippen LogP contribution is -2.04. The predicted octanol–water partition coefficient (Wildman–Crippen LogP) is 2.66. The summed E-state index contributed by atoms with van der Waals surface area (Å²) in [5.41, 5.74) is 2.28. The number of hydrogen-bond donors (Lipinski definition) is 1. The molecule has 0 atom stereocenters. The molecule has 84 valence electrons. The quantitative estimate of drug-likeness (QED) is 0.800. The molecule has 16 heavy (non-hydrogen) atoms. The highest BCUT2D eigenvalue weighted by Gasteiger charge is 2.06. The van der Waals surface area contributed by atoms with Gasteiger partial charge in [-0.15, -0.1) is 0 Å². The smallest absolute Gasteiger partial charge is 0.306 e. The van der Waals surface area contributed by atoms with E-state index in [1.54, 1.807) is 0 Å². The first-order valence-corrected chi connectivity index (χ1v) is 5.52. The minimum atomic E-state index is -0.132. The number of rotatable bonds is 4. The second kappa shape index (κ2) is 4.84. The fraction of sp³-hybridized carbons (Fsp3) is 0.308. The monoisotopic (exact) mass is 217 g/mol. The van der Waals surface area contributed by atoms with Crippen molar-refractivity contribution in [2.75, 3.05) is 6.61 Å². The Hall–Kier alpha value is -1.77. The lowest BCUT2D eigenvalue weighted by molar-refractivity contribution is -0.143. The Balaban J connectivity index is 2.07. The molecule has 1 heterocycles. The third-order valence-corrected chi connectivity index (χ3v) is 2.58. The van der Waals surface area contributed by atoms with Gasteiger partial charge in [-0.1, -0.05) is 18.2 Å². The van der Waals surface area contributed by atoms with Crippen molar-refractivity contribution in [2.24, 2.45) is 0 Å². The number of esters is 1. The average molecular weight is 217 g/mol. The van der Waals surface area contributed by atoms with Gasteiger partial charge in [-0.25, -0.2) is 0 Å². The van der Waals surface area contributed by atoms with Gasteiger partial charge in [0.25, 0.3) is 0 Å². The van der Waals surface area contributed by atoms with Gasteiger partial charge in [0.2, 0.25) is 0 Å². The van der Waals surface area contributed by atoms with Crippen molar-refractivity contribution < 1.29 is 9.53 Å². The van der Waals surface area contributed by atoms with E-state index in [9.17, 15) is 4.79 Å². The fourth-order valence-corrected chi connectivity index (χ4v) is 1.81. The van der Waals surface area contributed by atoms with Crippen LogP contribution in [-0.2, 0) is 16.0 Å². The Bertz CT molecular complexity index is 487. The first-order chi connectivity index (χ1) is 7.81. The Labute approximate surface area is 94.4 Å². The number of hydrogen-bond acceptors (Lipinski definition) is 2. The Kier molecular flexibility index (Phi) is 3.25.